The van der Waals surface area contributed by atoms with E-state index < -0.39 is 0 Å². The molecule has 2 aliphatic rings. The van der Waals surface area contributed by atoms with Gasteiger partial charge >= 0.3 is 0 Å². The minimum absolute atomic E-state index is 0.321. The van der Waals surface area contributed by atoms with E-state index in [0.717, 1.165) is 28.6 Å². The van der Waals surface area contributed by atoms with Crippen molar-refractivity contribution in [3.8, 4) is 0 Å². The summed E-state index contributed by atoms with van der Waals surface area (Å²) < 4.78 is 1.05. The van der Waals surface area contributed by atoms with Crippen LogP contribution < -0.4 is 5.73 Å². The molecule has 0 amide bonds. The second-order valence-electron chi connectivity index (χ2n) is 5.72. The fourth-order valence-electron chi connectivity index (χ4n) is 3.81. The molecule has 3 heteroatoms. The lowest BCUT2D eigenvalue weighted by Gasteiger charge is -2.27. The van der Waals surface area contributed by atoms with Gasteiger partial charge in [0.15, 0.2) is 0 Å². The molecule has 4 atom stereocenters. The number of hydrogen-bond donors (Lipinski definition) is 1. The topological polar surface area (TPSA) is 38.9 Å². The van der Waals surface area contributed by atoms with E-state index in [1.807, 2.05) is 12.4 Å². The normalized spacial score (nSPS) is 32.9. The van der Waals surface area contributed by atoms with Crippen molar-refractivity contribution in [1.82, 2.24) is 4.98 Å². The molecule has 3 rings (SSSR count). The molecule has 2 N–H and O–H groups in total. The number of nitrogens with two attached hydrogens (primary N) is 1. The first-order valence-corrected chi connectivity index (χ1v) is 7.36. The molecule has 0 saturated heterocycles. The number of rotatable bonds is 3. The maximum Gasteiger partial charge on any atom is 0.0410 e. The SMILES string of the molecule is NC(Cc1cncc(Br)c1)C1CC2CCC1C2. The lowest BCUT2D eigenvalue weighted by Crippen LogP contribution is -2.35. The van der Waals surface area contributed by atoms with Crippen LogP contribution in [0.2, 0.25) is 0 Å². The van der Waals surface area contributed by atoms with Gasteiger partial charge in [-0.05, 0) is 71.0 Å². The van der Waals surface area contributed by atoms with Gasteiger partial charge in [0, 0.05) is 22.9 Å². The van der Waals surface area contributed by atoms with Crippen LogP contribution in [0, 0.1) is 17.8 Å². The van der Waals surface area contributed by atoms with Crippen LogP contribution in [-0.4, -0.2) is 11.0 Å². The average Bonchev–Trinajstić information content (AvgIpc) is 2.90. The summed E-state index contributed by atoms with van der Waals surface area (Å²) in [6, 6.07) is 2.46. The third-order valence-corrected chi connectivity index (χ3v) is 5.01. The lowest BCUT2D eigenvalue weighted by atomic mass is 9.81. The Morgan fingerprint density at radius 2 is 2.24 bits per heavy atom. The molecule has 1 heterocycles. The van der Waals surface area contributed by atoms with Crippen LogP contribution in [0.1, 0.15) is 31.2 Å². The summed E-state index contributed by atoms with van der Waals surface area (Å²) in [7, 11) is 0. The molecule has 2 aliphatic carbocycles. The van der Waals surface area contributed by atoms with Crippen molar-refractivity contribution in [2.45, 2.75) is 38.1 Å². The Balaban J connectivity index is 1.65. The number of hydrogen-bond acceptors (Lipinski definition) is 2. The molecule has 0 aliphatic heterocycles. The molecular weight excluding hydrogens is 276 g/mol. The van der Waals surface area contributed by atoms with Gasteiger partial charge in [0.2, 0.25) is 0 Å². The molecule has 0 radical (unpaired) electrons. The van der Waals surface area contributed by atoms with Crippen molar-refractivity contribution < 1.29 is 0 Å². The highest BCUT2D eigenvalue weighted by atomic mass is 79.9. The Hall–Kier alpha value is -0.410. The maximum absolute atomic E-state index is 6.40. The molecule has 2 saturated carbocycles. The summed E-state index contributed by atoms with van der Waals surface area (Å²) >= 11 is 3.46. The monoisotopic (exact) mass is 294 g/mol. The Bertz CT molecular complexity index is 407. The minimum atomic E-state index is 0.321. The summed E-state index contributed by atoms with van der Waals surface area (Å²) in [6.07, 6.45) is 10.4. The molecule has 0 aromatic carbocycles. The van der Waals surface area contributed by atoms with E-state index >= 15 is 0 Å². The van der Waals surface area contributed by atoms with E-state index in [1.165, 1.54) is 31.2 Å². The van der Waals surface area contributed by atoms with Crippen molar-refractivity contribution in [2.75, 3.05) is 0 Å². The number of aromatic nitrogens is 1. The highest BCUT2D eigenvalue weighted by molar-refractivity contribution is 9.10. The zero-order valence-corrected chi connectivity index (χ0v) is 11.6. The van der Waals surface area contributed by atoms with Gasteiger partial charge < -0.3 is 5.73 Å². The first-order chi connectivity index (χ1) is 8.22. The predicted octanol–water partition coefficient (Wildman–Crippen LogP) is 3.15. The largest absolute Gasteiger partial charge is 0.327 e. The fourth-order valence-corrected chi connectivity index (χ4v) is 4.22. The van der Waals surface area contributed by atoms with Crippen LogP contribution in [0.5, 0.6) is 0 Å². The quantitative estimate of drug-likeness (QED) is 0.930. The van der Waals surface area contributed by atoms with Gasteiger partial charge in [-0.15, -0.1) is 0 Å². The Labute approximate surface area is 111 Å². The van der Waals surface area contributed by atoms with Crippen molar-refractivity contribution in [3.05, 3.63) is 28.5 Å². The van der Waals surface area contributed by atoms with Crippen LogP contribution in [0.4, 0.5) is 0 Å². The predicted molar refractivity (Wildman–Crippen MR) is 72.6 cm³/mol. The molecular formula is C14H19BrN2. The van der Waals surface area contributed by atoms with E-state index in [0.29, 0.717) is 6.04 Å². The number of pyridine rings is 1. The number of halogens is 1. The average molecular weight is 295 g/mol. The van der Waals surface area contributed by atoms with Gasteiger partial charge in [-0.2, -0.15) is 0 Å². The van der Waals surface area contributed by atoms with Crippen molar-refractivity contribution in [1.29, 1.82) is 0 Å². The summed E-state index contributed by atoms with van der Waals surface area (Å²) in [4.78, 5) is 4.21. The summed E-state index contributed by atoms with van der Waals surface area (Å²) in [5, 5.41) is 0. The summed E-state index contributed by atoms with van der Waals surface area (Å²) in [6.45, 7) is 0. The van der Waals surface area contributed by atoms with Gasteiger partial charge in [0.05, 0.1) is 0 Å². The van der Waals surface area contributed by atoms with E-state index in [1.54, 1.807) is 0 Å². The van der Waals surface area contributed by atoms with Gasteiger partial charge in [0.1, 0.15) is 0 Å². The second kappa shape index (κ2) is 4.69. The molecule has 0 spiro atoms. The third-order valence-electron chi connectivity index (χ3n) is 4.58. The Morgan fingerprint density at radius 1 is 1.35 bits per heavy atom. The van der Waals surface area contributed by atoms with Crippen molar-refractivity contribution in [2.24, 2.45) is 23.5 Å². The van der Waals surface area contributed by atoms with Gasteiger partial charge in [0.25, 0.3) is 0 Å². The van der Waals surface area contributed by atoms with Crippen LogP contribution in [-0.2, 0) is 6.42 Å². The Kier molecular flexibility index (Phi) is 3.22. The maximum atomic E-state index is 6.40. The summed E-state index contributed by atoms with van der Waals surface area (Å²) in [5.74, 6) is 2.65. The Morgan fingerprint density at radius 3 is 2.88 bits per heavy atom. The highest BCUT2D eigenvalue weighted by Gasteiger charge is 2.41. The number of fused-ring (bicyclic) bond motifs is 2. The van der Waals surface area contributed by atoms with Gasteiger partial charge in [-0.25, -0.2) is 0 Å². The molecule has 1 aromatic heterocycles. The van der Waals surface area contributed by atoms with Crippen LogP contribution in [0.25, 0.3) is 0 Å². The number of nitrogens with zero attached hydrogens (tertiary/aromatic N) is 1. The second-order valence-corrected chi connectivity index (χ2v) is 6.63. The van der Waals surface area contributed by atoms with Crippen LogP contribution in [0.3, 0.4) is 0 Å². The smallest absolute Gasteiger partial charge is 0.0410 e. The van der Waals surface area contributed by atoms with E-state index in [-0.39, 0.29) is 0 Å². The zero-order chi connectivity index (χ0) is 11.8. The molecule has 92 valence electrons. The molecule has 1 aromatic rings. The van der Waals surface area contributed by atoms with Gasteiger partial charge in [-0.1, -0.05) is 6.42 Å². The highest BCUT2D eigenvalue weighted by Crippen LogP contribution is 2.49. The first kappa shape index (κ1) is 11.7. The van der Waals surface area contributed by atoms with E-state index in [9.17, 15) is 0 Å². The lowest BCUT2D eigenvalue weighted by molar-refractivity contribution is 0.280. The molecule has 2 fully saturated rings. The molecule has 17 heavy (non-hydrogen) atoms. The zero-order valence-electron chi connectivity index (χ0n) is 9.98. The third kappa shape index (κ3) is 2.41. The van der Waals surface area contributed by atoms with E-state index in [2.05, 4.69) is 27.0 Å². The van der Waals surface area contributed by atoms with Crippen molar-refractivity contribution >= 4 is 15.9 Å². The minimum Gasteiger partial charge on any atom is -0.327 e. The molecule has 4 unspecified atom stereocenters. The van der Waals surface area contributed by atoms with Crippen molar-refractivity contribution in [3.63, 3.8) is 0 Å². The standard InChI is InChI=1S/C14H19BrN2/c15-12-4-10(7-17-8-12)6-14(16)13-5-9-1-2-11(13)3-9/h4,7-9,11,13-14H,1-3,5-6,16H2. The fraction of sp³-hybridized carbons (Fsp3) is 0.643. The van der Waals surface area contributed by atoms with Crippen LogP contribution in [0.15, 0.2) is 22.9 Å². The molecule has 2 bridgehead atoms. The first-order valence-electron chi connectivity index (χ1n) is 6.57. The summed E-state index contributed by atoms with van der Waals surface area (Å²) in [5.41, 5.74) is 7.66. The molecule has 2 nitrogen and oxygen atoms in total. The van der Waals surface area contributed by atoms with Crippen LogP contribution >= 0.6 is 15.9 Å². The van der Waals surface area contributed by atoms with Gasteiger partial charge in [-0.3, -0.25) is 4.98 Å². The van der Waals surface area contributed by atoms with E-state index in [4.69, 9.17) is 5.73 Å².